The molecule has 1 heterocycles. The Bertz CT molecular complexity index is 303. The summed E-state index contributed by atoms with van der Waals surface area (Å²) in [5.74, 6) is 2.69. The summed E-state index contributed by atoms with van der Waals surface area (Å²) < 4.78 is 5.81. The number of nitrogens with one attached hydrogen (secondary N) is 1. The van der Waals surface area contributed by atoms with Crippen LogP contribution in [0, 0.1) is 0 Å². The summed E-state index contributed by atoms with van der Waals surface area (Å²) in [7, 11) is 0. The SMILES string of the molecule is CCNCCCc1ncc(C2CCCC2)o1. The van der Waals surface area contributed by atoms with Gasteiger partial charge >= 0.3 is 0 Å². The van der Waals surface area contributed by atoms with Gasteiger partial charge in [-0.2, -0.15) is 0 Å². The van der Waals surface area contributed by atoms with E-state index in [0.29, 0.717) is 5.92 Å². The fourth-order valence-electron chi connectivity index (χ4n) is 2.38. The topological polar surface area (TPSA) is 38.1 Å². The van der Waals surface area contributed by atoms with Crippen molar-refractivity contribution in [1.29, 1.82) is 0 Å². The summed E-state index contributed by atoms with van der Waals surface area (Å²) in [6.45, 7) is 4.22. The van der Waals surface area contributed by atoms with Crippen LogP contribution in [0.3, 0.4) is 0 Å². The van der Waals surface area contributed by atoms with E-state index in [1.807, 2.05) is 6.20 Å². The van der Waals surface area contributed by atoms with Crippen molar-refractivity contribution in [1.82, 2.24) is 10.3 Å². The zero-order valence-electron chi connectivity index (χ0n) is 10.2. The fourth-order valence-corrected chi connectivity index (χ4v) is 2.38. The molecule has 1 aromatic heterocycles. The van der Waals surface area contributed by atoms with Gasteiger partial charge in [0.05, 0.1) is 6.20 Å². The van der Waals surface area contributed by atoms with Gasteiger partial charge in [0.25, 0.3) is 0 Å². The minimum Gasteiger partial charge on any atom is -0.445 e. The standard InChI is InChI=1S/C13H22N2O/c1-2-14-9-5-8-13-15-10-12(16-13)11-6-3-4-7-11/h10-11,14H,2-9H2,1H3. The quantitative estimate of drug-likeness (QED) is 0.752. The molecule has 0 unspecified atom stereocenters. The molecule has 0 aromatic carbocycles. The molecule has 3 heteroatoms. The molecule has 1 aliphatic carbocycles. The second-order valence-electron chi connectivity index (χ2n) is 4.59. The first-order valence-electron chi connectivity index (χ1n) is 6.55. The Balaban J connectivity index is 1.77. The highest BCUT2D eigenvalue weighted by atomic mass is 16.4. The maximum atomic E-state index is 5.81. The third kappa shape index (κ3) is 3.08. The first-order valence-corrected chi connectivity index (χ1v) is 6.55. The molecule has 0 amide bonds. The normalized spacial score (nSPS) is 17.1. The predicted molar refractivity (Wildman–Crippen MR) is 64.6 cm³/mol. The molecule has 0 aliphatic heterocycles. The van der Waals surface area contributed by atoms with E-state index >= 15 is 0 Å². The summed E-state index contributed by atoms with van der Waals surface area (Å²) >= 11 is 0. The Labute approximate surface area is 97.6 Å². The average Bonchev–Trinajstić information content (AvgIpc) is 2.94. The lowest BCUT2D eigenvalue weighted by molar-refractivity contribution is 0.419. The van der Waals surface area contributed by atoms with Gasteiger partial charge in [-0.15, -0.1) is 0 Å². The molecule has 1 aliphatic rings. The highest BCUT2D eigenvalue weighted by Gasteiger charge is 2.20. The van der Waals surface area contributed by atoms with Crippen LogP contribution in [0.5, 0.6) is 0 Å². The number of rotatable bonds is 6. The van der Waals surface area contributed by atoms with Crippen LogP contribution >= 0.6 is 0 Å². The van der Waals surface area contributed by atoms with E-state index < -0.39 is 0 Å². The highest BCUT2D eigenvalue weighted by molar-refractivity contribution is 5.03. The van der Waals surface area contributed by atoms with E-state index in [-0.39, 0.29) is 0 Å². The molecule has 1 saturated carbocycles. The minimum absolute atomic E-state index is 0.648. The Morgan fingerprint density at radius 1 is 1.44 bits per heavy atom. The summed E-state index contributed by atoms with van der Waals surface area (Å²) in [6.07, 6.45) is 9.27. The lowest BCUT2D eigenvalue weighted by atomic mass is 10.1. The Kier molecular flexibility index (Phi) is 4.40. The second-order valence-corrected chi connectivity index (χ2v) is 4.59. The lowest BCUT2D eigenvalue weighted by Crippen LogP contribution is -2.14. The van der Waals surface area contributed by atoms with Gasteiger partial charge in [-0.05, 0) is 32.4 Å². The van der Waals surface area contributed by atoms with Crippen molar-refractivity contribution in [3.05, 3.63) is 17.8 Å². The second kappa shape index (κ2) is 6.04. The van der Waals surface area contributed by atoms with Crippen molar-refractivity contribution in [2.24, 2.45) is 0 Å². The van der Waals surface area contributed by atoms with Crippen molar-refractivity contribution in [3.63, 3.8) is 0 Å². The van der Waals surface area contributed by atoms with Gasteiger partial charge in [0.2, 0.25) is 0 Å². The molecular formula is C13H22N2O. The molecular weight excluding hydrogens is 200 g/mol. The molecule has 16 heavy (non-hydrogen) atoms. The number of nitrogens with zero attached hydrogens (tertiary/aromatic N) is 1. The van der Waals surface area contributed by atoms with Gasteiger partial charge in [0, 0.05) is 12.3 Å². The van der Waals surface area contributed by atoms with Gasteiger partial charge < -0.3 is 9.73 Å². The highest BCUT2D eigenvalue weighted by Crippen LogP contribution is 2.34. The molecule has 0 spiro atoms. The number of hydrogen-bond donors (Lipinski definition) is 1. The van der Waals surface area contributed by atoms with E-state index in [1.165, 1.54) is 25.7 Å². The largest absolute Gasteiger partial charge is 0.445 e. The molecule has 0 atom stereocenters. The van der Waals surface area contributed by atoms with Crippen LogP contribution in [0.4, 0.5) is 0 Å². The van der Waals surface area contributed by atoms with E-state index in [9.17, 15) is 0 Å². The zero-order valence-corrected chi connectivity index (χ0v) is 10.2. The van der Waals surface area contributed by atoms with Gasteiger partial charge in [-0.25, -0.2) is 4.98 Å². The number of oxazole rings is 1. The van der Waals surface area contributed by atoms with Crippen molar-refractivity contribution in [2.45, 2.75) is 51.4 Å². The van der Waals surface area contributed by atoms with E-state index in [4.69, 9.17) is 4.42 Å². The maximum absolute atomic E-state index is 5.81. The van der Waals surface area contributed by atoms with Crippen LogP contribution in [-0.4, -0.2) is 18.1 Å². The first-order chi connectivity index (χ1) is 7.90. The van der Waals surface area contributed by atoms with Gasteiger partial charge in [0.15, 0.2) is 5.89 Å². The van der Waals surface area contributed by atoms with Crippen LogP contribution < -0.4 is 5.32 Å². The van der Waals surface area contributed by atoms with Crippen molar-refractivity contribution >= 4 is 0 Å². The average molecular weight is 222 g/mol. The number of hydrogen-bond acceptors (Lipinski definition) is 3. The zero-order chi connectivity index (χ0) is 11.2. The first kappa shape index (κ1) is 11.6. The molecule has 1 aromatic rings. The van der Waals surface area contributed by atoms with E-state index in [0.717, 1.165) is 37.6 Å². The van der Waals surface area contributed by atoms with Crippen LogP contribution in [0.2, 0.25) is 0 Å². The molecule has 0 bridgehead atoms. The van der Waals surface area contributed by atoms with Crippen LogP contribution in [0.25, 0.3) is 0 Å². The number of aryl methyl sites for hydroxylation is 1. The Hall–Kier alpha value is -0.830. The van der Waals surface area contributed by atoms with Gasteiger partial charge in [-0.3, -0.25) is 0 Å². The Morgan fingerprint density at radius 3 is 3.00 bits per heavy atom. The maximum Gasteiger partial charge on any atom is 0.194 e. The lowest BCUT2D eigenvalue weighted by Gasteiger charge is -2.02. The van der Waals surface area contributed by atoms with Crippen LogP contribution in [0.1, 0.15) is 56.6 Å². The summed E-state index contributed by atoms with van der Waals surface area (Å²) in [5, 5.41) is 3.31. The third-order valence-corrected chi connectivity index (χ3v) is 3.32. The van der Waals surface area contributed by atoms with Crippen molar-refractivity contribution in [3.8, 4) is 0 Å². The van der Waals surface area contributed by atoms with Crippen LogP contribution in [0.15, 0.2) is 10.6 Å². The monoisotopic (exact) mass is 222 g/mol. The van der Waals surface area contributed by atoms with Crippen molar-refractivity contribution in [2.75, 3.05) is 13.1 Å². The Morgan fingerprint density at radius 2 is 2.25 bits per heavy atom. The van der Waals surface area contributed by atoms with Gasteiger partial charge in [-0.1, -0.05) is 19.8 Å². The van der Waals surface area contributed by atoms with E-state index in [2.05, 4.69) is 17.2 Å². The predicted octanol–water partition coefficient (Wildman–Crippen LogP) is 2.87. The van der Waals surface area contributed by atoms with Crippen molar-refractivity contribution < 1.29 is 4.42 Å². The molecule has 90 valence electrons. The van der Waals surface area contributed by atoms with Crippen LogP contribution in [-0.2, 0) is 6.42 Å². The van der Waals surface area contributed by atoms with Gasteiger partial charge in [0.1, 0.15) is 5.76 Å². The summed E-state index contributed by atoms with van der Waals surface area (Å²) in [4.78, 5) is 4.36. The molecule has 0 saturated heterocycles. The van der Waals surface area contributed by atoms with E-state index in [1.54, 1.807) is 0 Å². The molecule has 1 N–H and O–H groups in total. The molecule has 0 radical (unpaired) electrons. The molecule has 2 rings (SSSR count). The number of aromatic nitrogens is 1. The smallest absolute Gasteiger partial charge is 0.194 e. The fraction of sp³-hybridized carbons (Fsp3) is 0.769. The molecule has 3 nitrogen and oxygen atoms in total. The summed E-state index contributed by atoms with van der Waals surface area (Å²) in [5.41, 5.74) is 0. The minimum atomic E-state index is 0.648. The summed E-state index contributed by atoms with van der Waals surface area (Å²) in [6, 6.07) is 0. The molecule has 1 fully saturated rings. The third-order valence-electron chi connectivity index (χ3n) is 3.32.